The zero-order valence-electron chi connectivity index (χ0n) is 17.9. The standard InChI is InChI=1S/C19H42N6.HI/c1-7-20-19(22-10-14-25(17(2)3)18(4)5)21-9-13-24-12-8-11-23(6)15-16-24;/h17-18H,7-16H2,1-6H3,(H2,20,21,22);1H. The Kier molecular flexibility index (Phi) is 14.8. The van der Waals surface area contributed by atoms with Crippen LogP contribution in [0.3, 0.4) is 0 Å². The smallest absolute Gasteiger partial charge is 0.191 e. The summed E-state index contributed by atoms with van der Waals surface area (Å²) in [4.78, 5) is 12.2. The van der Waals surface area contributed by atoms with Crippen molar-refractivity contribution in [3.63, 3.8) is 0 Å². The van der Waals surface area contributed by atoms with E-state index in [2.05, 4.69) is 67.0 Å². The molecule has 0 aromatic heterocycles. The lowest BCUT2D eigenvalue weighted by molar-refractivity contribution is 0.178. The topological polar surface area (TPSA) is 46.1 Å². The zero-order chi connectivity index (χ0) is 18.7. The van der Waals surface area contributed by atoms with Crippen LogP contribution < -0.4 is 10.6 Å². The number of halogens is 1. The average molecular weight is 482 g/mol. The Labute approximate surface area is 179 Å². The molecule has 0 aromatic carbocycles. The van der Waals surface area contributed by atoms with Crippen LogP contribution in [0.5, 0.6) is 0 Å². The molecule has 1 saturated heterocycles. The van der Waals surface area contributed by atoms with Crippen molar-refractivity contribution in [1.29, 1.82) is 0 Å². The normalized spacial score (nSPS) is 17.5. The number of likely N-dealkylation sites (N-methyl/N-ethyl adjacent to an activating group) is 1. The van der Waals surface area contributed by atoms with E-state index in [4.69, 9.17) is 4.99 Å². The molecule has 7 heteroatoms. The van der Waals surface area contributed by atoms with E-state index >= 15 is 0 Å². The molecule has 0 saturated carbocycles. The van der Waals surface area contributed by atoms with E-state index in [9.17, 15) is 0 Å². The van der Waals surface area contributed by atoms with E-state index in [1.165, 1.54) is 26.1 Å². The molecule has 0 aromatic rings. The summed E-state index contributed by atoms with van der Waals surface area (Å²) in [6.45, 7) is 20.7. The molecule has 0 aliphatic carbocycles. The Balaban J connectivity index is 0.00000625. The van der Waals surface area contributed by atoms with Crippen LogP contribution in [0.4, 0.5) is 0 Å². The van der Waals surface area contributed by atoms with Crippen LogP contribution in [0.1, 0.15) is 41.0 Å². The fourth-order valence-corrected chi connectivity index (χ4v) is 3.38. The van der Waals surface area contributed by atoms with Crippen molar-refractivity contribution >= 4 is 29.9 Å². The summed E-state index contributed by atoms with van der Waals surface area (Å²) in [6.07, 6.45) is 1.26. The van der Waals surface area contributed by atoms with Crippen molar-refractivity contribution in [2.75, 3.05) is 66.0 Å². The van der Waals surface area contributed by atoms with Crippen LogP contribution >= 0.6 is 24.0 Å². The van der Waals surface area contributed by atoms with Crippen LogP contribution in [0.25, 0.3) is 0 Å². The second-order valence-electron chi connectivity index (χ2n) is 7.61. The number of aliphatic imine (C=N–C) groups is 1. The van der Waals surface area contributed by atoms with Gasteiger partial charge in [-0.2, -0.15) is 0 Å². The first kappa shape index (κ1) is 25.9. The highest BCUT2D eigenvalue weighted by Crippen LogP contribution is 2.03. The molecule has 0 spiro atoms. The van der Waals surface area contributed by atoms with Crippen LogP contribution in [0.15, 0.2) is 4.99 Å². The molecule has 0 bridgehead atoms. The minimum absolute atomic E-state index is 0. The second kappa shape index (κ2) is 14.9. The fourth-order valence-electron chi connectivity index (χ4n) is 3.38. The van der Waals surface area contributed by atoms with Gasteiger partial charge >= 0.3 is 0 Å². The molecule has 1 aliphatic rings. The molecule has 0 atom stereocenters. The number of guanidine groups is 1. The van der Waals surface area contributed by atoms with Gasteiger partial charge in [-0.25, -0.2) is 0 Å². The van der Waals surface area contributed by atoms with Gasteiger partial charge in [0.05, 0.1) is 6.54 Å². The summed E-state index contributed by atoms with van der Waals surface area (Å²) >= 11 is 0. The number of hydrogen-bond acceptors (Lipinski definition) is 4. The van der Waals surface area contributed by atoms with Crippen molar-refractivity contribution < 1.29 is 0 Å². The molecule has 1 rings (SSSR count). The van der Waals surface area contributed by atoms with Crippen molar-refractivity contribution in [3.8, 4) is 0 Å². The highest BCUT2D eigenvalue weighted by Gasteiger charge is 2.13. The molecule has 1 aliphatic heterocycles. The summed E-state index contributed by atoms with van der Waals surface area (Å²) in [5.41, 5.74) is 0. The molecular weight excluding hydrogens is 439 g/mol. The minimum atomic E-state index is 0. The molecule has 26 heavy (non-hydrogen) atoms. The zero-order valence-corrected chi connectivity index (χ0v) is 20.3. The van der Waals surface area contributed by atoms with Gasteiger partial charge < -0.3 is 20.4 Å². The highest BCUT2D eigenvalue weighted by atomic mass is 127. The fraction of sp³-hybridized carbons (Fsp3) is 0.947. The molecule has 1 fully saturated rings. The van der Waals surface area contributed by atoms with E-state index in [1.807, 2.05) is 0 Å². The second-order valence-corrected chi connectivity index (χ2v) is 7.61. The largest absolute Gasteiger partial charge is 0.357 e. The lowest BCUT2D eigenvalue weighted by Gasteiger charge is -2.30. The van der Waals surface area contributed by atoms with Crippen LogP contribution in [-0.4, -0.2) is 98.7 Å². The van der Waals surface area contributed by atoms with Gasteiger partial charge in [-0.15, -0.1) is 24.0 Å². The third-order valence-electron chi connectivity index (χ3n) is 4.83. The van der Waals surface area contributed by atoms with Crippen LogP contribution in [0.2, 0.25) is 0 Å². The lowest BCUT2D eigenvalue weighted by atomic mass is 10.2. The van der Waals surface area contributed by atoms with Gasteiger partial charge in [-0.05, 0) is 61.2 Å². The molecule has 0 amide bonds. The minimum Gasteiger partial charge on any atom is -0.357 e. The third kappa shape index (κ3) is 10.9. The Morgan fingerprint density at radius 1 is 1.04 bits per heavy atom. The average Bonchev–Trinajstić information content (AvgIpc) is 2.75. The molecule has 0 radical (unpaired) electrons. The summed E-state index contributed by atoms with van der Waals surface area (Å²) in [7, 11) is 2.21. The van der Waals surface area contributed by atoms with E-state index in [0.717, 1.165) is 45.2 Å². The maximum Gasteiger partial charge on any atom is 0.191 e. The molecule has 156 valence electrons. The van der Waals surface area contributed by atoms with E-state index in [1.54, 1.807) is 0 Å². The van der Waals surface area contributed by atoms with Gasteiger partial charge in [0.15, 0.2) is 5.96 Å². The molecule has 2 N–H and O–H groups in total. The van der Waals surface area contributed by atoms with Gasteiger partial charge in [0, 0.05) is 51.4 Å². The first-order valence-corrected chi connectivity index (χ1v) is 10.1. The summed E-state index contributed by atoms with van der Waals surface area (Å²) < 4.78 is 0. The highest BCUT2D eigenvalue weighted by molar-refractivity contribution is 14.0. The number of nitrogens with zero attached hydrogens (tertiary/aromatic N) is 4. The Morgan fingerprint density at radius 3 is 2.35 bits per heavy atom. The van der Waals surface area contributed by atoms with Gasteiger partial charge in [0.2, 0.25) is 0 Å². The van der Waals surface area contributed by atoms with Crippen molar-refractivity contribution in [1.82, 2.24) is 25.3 Å². The van der Waals surface area contributed by atoms with Crippen molar-refractivity contribution in [2.24, 2.45) is 4.99 Å². The molecule has 0 unspecified atom stereocenters. The monoisotopic (exact) mass is 482 g/mol. The molecule has 6 nitrogen and oxygen atoms in total. The summed E-state index contributed by atoms with van der Waals surface area (Å²) in [5, 5.41) is 6.85. The first-order chi connectivity index (χ1) is 11.9. The summed E-state index contributed by atoms with van der Waals surface area (Å²) in [5.74, 6) is 0.946. The Hall–Kier alpha value is -0.120. The SMILES string of the molecule is CCNC(=NCCN1CCCN(C)CC1)NCCN(C(C)C)C(C)C.I. The van der Waals surface area contributed by atoms with Gasteiger partial charge in [-0.3, -0.25) is 9.89 Å². The van der Waals surface area contributed by atoms with Gasteiger partial charge in [0.25, 0.3) is 0 Å². The first-order valence-electron chi connectivity index (χ1n) is 10.1. The molecule has 1 heterocycles. The number of nitrogens with one attached hydrogen (secondary N) is 2. The number of hydrogen-bond donors (Lipinski definition) is 2. The van der Waals surface area contributed by atoms with Gasteiger partial charge in [0.1, 0.15) is 0 Å². The third-order valence-corrected chi connectivity index (χ3v) is 4.83. The number of rotatable bonds is 9. The van der Waals surface area contributed by atoms with E-state index in [-0.39, 0.29) is 24.0 Å². The molecular formula is C19H43IN6. The maximum absolute atomic E-state index is 4.76. The van der Waals surface area contributed by atoms with Crippen LogP contribution in [0, 0.1) is 0 Å². The van der Waals surface area contributed by atoms with E-state index < -0.39 is 0 Å². The quantitative estimate of drug-likeness (QED) is 0.299. The summed E-state index contributed by atoms with van der Waals surface area (Å²) in [6, 6.07) is 1.14. The Bertz CT molecular complexity index is 367. The van der Waals surface area contributed by atoms with Crippen LogP contribution in [-0.2, 0) is 0 Å². The lowest BCUT2D eigenvalue weighted by Crippen LogP contribution is -2.45. The van der Waals surface area contributed by atoms with Crippen molar-refractivity contribution in [3.05, 3.63) is 0 Å². The maximum atomic E-state index is 4.76. The van der Waals surface area contributed by atoms with Gasteiger partial charge in [-0.1, -0.05) is 0 Å². The predicted octanol–water partition coefficient (Wildman–Crippen LogP) is 1.92. The predicted molar refractivity (Wildman–Crippen MR) is 125 cm³/mol. The Morgan fingerprint density at radius 2 is 1.73 bits per heavy atom. The van der Waals surface area contributed by atoms with Crippen molar-refractivity contribution in [2.45, 2.75) is 53.1 Å². The van der Waals surface area contributed by atoms with E-state index in [0.29, 0.717) is 12.1 Å².